The maximum atomic E-state index is 10.5. The standard InChI is InChI=1S/C5H5NO3/c7-3-1-4(6-9)5(8)2-3/h2,7,9H,1H2. The van der Waals surface area contributed by atoms with Crippen molar-refractivity contribution in [3.8, 4) is 0 Å². The minimum atomic E-state index is -0.421. The second-order valence-electron chi connectivity index (χ2n) is 1.72. The fourth-order valence-corrected chi connectivity index (χ4v) is 0.629. The molecule has 0 heterocycles. The van der Waals surface area contributed by atoms with Gasteiger partial charge in [0.25, 0.3) is 0 Å². The van der Waals surface area contributed by atoms with E-state index in [1.807, 2.05) is 0 Å². The van der Waals surface area contributed by atoms with Gasteiger partial charge in [-0.05, 0) is 0 Å². The van der Waals surface area contributed by atoms with Gasteiger partial charge < -0.3 is 10.3 Å². The molecule has 0 fully saturated rings. The van der Waals surface area contributed by atoms with Crippen molar-refractivity contribution in [1.82, 2.24) is 0 Å². The summed E-state index contributed by atoms with van der Waals surface area (Å²) < 4.78 is 0. The number of carbonyl (C=O) groups excluding carboxylic acids is 1. The first-order chi connectivity index (χ1) is 4.24. The third-order valence-corrected chi connectivity index (χ3v) is 1.05. The summed E-state index contributed by atoms with van der Waals surface area (Å²) in [7, 11) is 0. The first-order valence-corrected chi connectivity index (χ1v) is 2.39. The zero-order valence-electron chi connectivity index (χ0n) is 4.53. The van der Waals surface area contributed by atoms with E-state index in [0.717, 1.165) is 6.08 Å². The Kier molecular flexibility index (Phi) is 1.22. The minimum Gasteiger partial charge on any atom is -0.512 e. The molecular formula is C5H5NO3. The predicted molar refractivity (Wildman–Crippen MR) is 29.6 cm³/mol. The molecule has 1 aliphatic rings. The van der Waals surface area contributed by atoms with Gasteiger partial charge in [0, 0.05) is 6.08 Å². The van der Waals surface area contributed by atoms with Crippen molar-refractivity contribution in [1.29, 1.82) is 0 Å². The molecule has 0 spiro atoms. The lowest BCUT2D eigenvalue weighted by atomic mass is 10.3. The quantitative estimate of drug-likeness (QED) is 0.361. The Hall–Kier alpha value is -1.32. The van der Waals surface area contributed by atoms with E-state index in [1.54, 1.807) is 0 Å². The minimum absolute atomic E-state index is 0.00694. The van der Waals surface area contributed by atoms with E-state index in [1.165, 1.54) is 0 Å². The van der Waals surface area contributed by atoms with E-state index in [9.17, 15) is 4.79 Å². The van der Waals surface area contributed by atoms with Crippen LogP contribution in [0.4, 0.5) is 0 Å². The number of ketones is 1. The van der Waals surface area contributed by atoms with Crippen molar-refractivity contribution in [3.05, 3.63) is 11.8 Å². The van der Waals surface area contributed by atoms with Crippen LogP contribution in [-0.2, 0) is 4.79 Å². The molecule has 1 rings (SSSR count). The number of oxime groups is 1. The van der Waals surface area contributed by atoms with Gasteiger partial charge in [0.2, 0.25) is 5.78 Å². The molecule has 0 aromatic heterocycles. The number of carbonyl (C=O) groups is 1. The lowest BCUT2D eigenvalue weighted by molar-refractivity contribution is -0.108. The lowest BCUT2D eigenvalue weighted by Crippen LogP contribution is -2.03. The third kappa shape index (κ3) is 0.910. The molecule has 0 saturated carbocycles. The summed E-state index contributed by atoms with van der Waals surface area (Å²) >= 11 is 0. The highest BCUT2D eigenvalue weighted by atomic mass is 16.4. The number of rotatable bonds is 0. The molecule has 0 aromatic carbocycles. The largest absolute Gasteiger partial charge is 0.512 e. The molecule has 0 saturated heterocycles. The van der Waals surface area contributed by atoms with Gasteiger partial charge in [-0.15, -0.1) is 0 Å². The van der Waals surface area contributed by atoms with Crippen molar-refractivity contribution in [2.75, 3.05) is 0 Å². The summed E-state index contributed by atoms with van der Waals surface area (Å²) in [6.45, 7) is 0. The van der Waals surface area contributed by atoms with Crippen molar-refractivity contribution in [2.24, 2.45) is 5.16 Å². The summed E-state index contributed by atoms with van der Waals surface area (Å²) in [6, 6.07) is 0. The number of nitrogens with zero attached hydrogens (tertiary/aromatic N) is 1. The average molecular weight is 127 g/mol. The Morgan fingerprint density at radius 1 is 1.67 bits per heavy atom. The van der Waals surface area contributed by atoms with E-state index >= 15 is 0 Å². The van der Waals surface area contributed by atoms with Crippen molar-refractivity contribution in [2.45, 2.75) is 6.42 Å². The summed E-state index contributed by atoms with van der Waals surface area (Å²) in [5.41, 5.74) is -0.00694. The Bertz CT molecular complexity index is 204. The Balaban J connectivity index is 2.84. The van der Waals surface area contributed by atoms with Gasteiger partial charge in [-0.1, -0.05) is 5.16 Å². The van der Waals surface area contributed by atoms with Gasteiger partial charge in [-0.25, -0.2) is 0 Å². The molecular weight excluding hydrogens is 122 g/mol. The Labute approximate surface area is 51.1 Å². The van der Waals surface area contributed by atoms with Crippen LogP contribution >= 0.6 is 0 Å². The van der Waals surface area contributed by atoms with Crippen LogP contribution in [0.15, 0.2) is 17.0 Å². The van der Waals surface area contributed by atoms with Crippen LogP contribution in [0.25, 0.3) is 0 Å². The third-order valence-electron chi connectivity index (χ3n) is 1.05. The molecule has 0 atom stereocenters. The van der Waals surface area contributed by atoms with Crippen LogP contribution in [0.5, 0.6) is 0 Å². The number of allylic oxidation sites excluding steroid dienone is 2. The summed E-state index contributed by atoms with van der Waals surface area (Å²) in [5.74, 6) is -0.470. The number of hydrogen-bond acceptors (Lipinski definition) is 4. The van der Waals surface area contributed by atoms with Crippen LogP contribution in [0, 0.1) is 0 Å². The first kappa shape index (κ1) is 5.81. The maximum Gasteiger partial charge on any atom is 0.207 e. The highest BCUT2D eigenvalue weighted by Crippen LogP contribution is 2.08. The molecule has 48 valence electrons. The number of hydrogen-bond donors (Lipinski definition) is 2. The van der Waals surface area contributed by atoms with Crippen LogP contribution in [0.1, 0.15) is 6.42 Å². The van der Waals surface area contributed by atoms with E-state index in [0.29, 0.717) is 0 Å². The molecule has 9 heavy (non-hydrogen) atoms. The van der Waals surface area contributed by atoms with E-state index in [4.69, 9.17) is 10.3 Å². The van der Waals surface area contributed by atoms with Gasteiger partial charge in [0.05, 0.1) is 6.42 Å². The summed E-state index contributed by atoms with van der Waals surface area (Å²) in [6.07, 6.45) is 1.09. The number of aliphatic hydroxyl groups excluding tert-OH is 1. The second kappa shape index (κ2) is 1.89. The van der Waals surface area contributed by atoms with Crippen LogP contribution in [-0.4, -0.2) is 21.8 Å². The molecule has 0 amide bonds. The van der Waals surface area contributed by atoms with Crippen LogP contribution < -0.4 is 0 Å². The molecule has 4 nitrogen and oxygen atoms in total. The highest BCUT2D eigenvalue weighted by Gasteiger charge is 2.19. The fourth-order valence-electron chi connectivity index (χ4n) is 0.629. The molecule has 0 bridgehead atoms. The predicted octanol–water partition coefficient (Wildman–Crippen LogP) is 0.231. The zero-order chi connectivity index (χ0) is 6.85. The zero-order valence-corrected chi connectivity index (χ0v) is 4.53. The topological polar surface area (TPSA) is 69.9 Å². The fraction of sp³-hybridized carbons (Fsp3) is 0.200. The van der Waals surface area contributed by atoms with Gasteiger partial charge in [-0.3, -0.25) is 4.79 Å². The van der Waals surface area contributed by atoms with Crippen LogP contribution in [0.2, 0.25) is 0 Å². The lowest BCUT2D eigenvalue weighted by Gasteiger charge is -1.85. The molecule has 1 aliphatic carbocycles. The van der Waals surface area contributed by atoms with Gasteiger partial charge in [-0.2, -0.15) is 0 Å². The van der Waals surface area contributed by atoms with Gasteiger partial charge in [0.15, 0.2) is 0 Å². The van der Waals surface area contributed by atoms with Crippen molar-refractivity contribution in [3.63, 3.8) is 0 Å². The first-order valence-electron chi connectivity index (χ1n) is 2.39. The van der Waals surface area contributed by atoms with E-state index in [-0.39, 0.29) is 17.9 Å². The second-order valence-corrected chi connectivity index (χ2v) is 1.72. The SMILES string of the molecule is O=C1C=C(O)CC1=NO. The van der Waals surface area contributed by atoms with Gasteiger partial charge >= 0.3 is 0 Å². The smallest absolute Gasteiger partial charge is 0.207 e. The molecule has 0 aromatic rings. The molecule has 0 radical (unpaired) electrons. The van der Waals surface area contributed by atoms with Crippen molar-refractivity contribution < 1.29 is 15.1 Å². The Morgan fingerprint density at radius 2 is 2.33 bits per heavy atom. The van der Waals surface area contributed by atoms with E-state index in [2.05, 4.69) is 5.16 Å². The molecule has 4 heteroatoms. The highest BCUT2D eigenvalue weighted by molar-refractivity contribution is 6.46. The summed E-state index contributed by atoms with van der Waals surface area (Å²) in [4.78, 5) is 10.5. The van der Waals surface area contributed by atoms with Crippen LogP contribution in [0.3, 0.4) is 0 Å². The molecule has 0 aliphatic heterocycles. The number of aliphatic hydroxyl groups is 1. The normalized spacial score (nSPS) is 22.9. The monoisotopic (exact) mass is 127 g/mol. The maximum absolute atomic E-state index is 10.5. The van der Waals surface area contributed by atoms with Gasteiger partial charge in [0.1, 0.15) is 11.5 Å². The average Bonchev–Trinajstić information content (AvgIpc) is 2.10. The molecule has 2 N–H and O–H groups in total. The molecule has 0 unspecified atom stereocenters. The van der Waals surface area contributed by atoms with Crippen molar-refractivity contribution >= 4 is 11.5 Å². The Morgan fingerprint density at radius 3 is 2.56 bits per heavy atom. The van der Waals surface area contributed by atoms with E-state index < -0.39 is 5.78 Å². The summed E-state index contributed by atoms with van der Waals surface area (Å²) in [5, 5.41) is 19.4.